The van der Waals surface area contributed by atoms with E-state index in [2.05, 4.69) is 40.0 Å². The first-order valence-corrected chi connectivity index (χ1v) is 13.0. The molecule has 0 amide bonds. The van der Waals surface area contributed by atoms with E-state index in [0.717, 1.165) is 46.6 Å². The first-order chi connectivity index (χ1) is 18.6. The summed E-state index contributed by atoms with van der Waals surface area (Å²) in [5, 5.41) is 4.85. The maximum Gasteiger partial charge on any atom is 0.338 e. The number of para-hydroxylation sites is 1. The number of esters is 2. The molecule has 0 radical (unpaired) electrons. The largest absolute Gasteiger partial charge is 0.462 e. The predicted molar refractivity (Wildman–Crippen MR) is 150 cm³/mol. The van der Waals surface area contributed by atoms with Crippen LogP contribution in [-0.4, -0.2) is 36.1 Å². The van der Waals surface area contributed by atoms with Crippen LogP contribution in [0.2, 0.25) is 0 Å². The van der Waals surface area contributed by atoms with Gasteiger partial charge in [-0.25, -0.2) is 9.59 Å². The second-order valence-corrected chi connectivity index (χ2v) is 9.27. The molecule has 0 atom stereocenters. The third-order valence-corrected chi connectivity index (χ3v) is 7.07. The summed E-state index contributed by atoms with van der Waals surface area (Å²) in [6.07, 6.45) is 0.943. The van der Waals surface area contributed by atoms with Crippen LogP contribution in [-0.2, 0) is 15.9 Å². The summed E-state index contributed by atoms with van der Waals surface area (Å²) in [6, 6.07) is 25.8. The van der Waals surface area contributed by atoms with E-state index in [-0.39, 0.29) is 11.9 Å². The van der Waals surface area contributed by atoms with Gasteiger partial charge in [-0.05, 0) is 73.4 Å². The number of ether oxygens (including phenoxy) is 2. The molecule has 6 nitrogen and oxygen atoms in total. The third kappa shape index (κ3) is 3.89. The van der Waals surface area contributed by atoms with Crippen LogP contribution in [0.4, 0.5) is 5.69 Å². The predicted octanol–water partition coefficient (Wildman–Crippen LogP) is 6.75. The van der Waals surface area contributed by atoms with E-state index in [1.165, 1.54) is 16.5 Å². The molecule has 1 aliphatic heterocycles. The fourth-order valence-corrected chi connectivity index (χ4v) is 5.42. The zero-order valence-electron chi connectivity index (χ0n) is 21.4. The average molecular weight is 505 g/mol. The van der Waals surface area contributed by atoms with Crippen molar-refractivity contribution in [3.8, 4) is 22.4 Å². The Morgan fingerprint density at radius 1 is 0.816 bits per heavy atom. The first kappa shape index (κ1) is 23.8. The van der Waals surface area contributed by atoms with Crippen molar-refractivity contribution >= 4 is 34.0 Å². The molecular weight excluding hydrogens is 476 g/mol. The van der Waals surface area contributed by atoms with Gasteiger partial charge in [0.15, 0.2) is 0 Å². The summed E-state index contributed by atoms with van der Waals surface area (Å²) >= 11 is 0. The summed E-state index contributed by atoms with van der Waals surface area (Å²) in [6.45, 7) is 5.14. The number of hydrogen-bond donors (Lipinski definition) is 1. The number of nitrogens with zero attached hydrogens (tertiary/aromatic N) is 1. The molecule has 190 valence electrons. The monoisotopic (exact) mass is 504 g/mol. The Bertz CT molecular complexity index is 1680. The molecule has 1 aliphatic rings. The Balaban J connectivity index is 1.62. The topological polar surface area (TPSA) is 69.0 Å². The van der Waals surface area contributed by atoms with Crippen molar-refractivity contribution in [2.75, 3.05) is 25.1 Å². The van der Waals surface area contributed by atoms with Crippen molar-refractivity contribution < 1.29 is 19.1 Å². The van der Waals surface area contributed by atoms with Crippen LogP contribution in [0.3, 0.4) is 0 Å². The SMILES string of the molecule is CCOC(=O)c1ccc(-c2cc3c4c(c5ccccc5n4c2-c2ccc(C(=O)OCC)cc2)CCN3)cc1. The summed E-state index contributed by atoms with van der Waals surface area (Å²) in [7, 11) is 0. The lowest BCUT2D eigenvalue weighted by Crippen LogP contribution is -2.12. The van der Waals surface area contributed by atoms with Gasteiger partial charge in [-0.1, -0.05) is 42.5 Å². The van der Waals surface area contributed by atoms with E-state index in [9.17, 15) is 9.59 Å². The molecule has 5 aromatic rings. The molecule has 0 bridgehead atoms. The smallest absolute Gasteiger partial charge is 0.338 e. The fraction of sp³-hybridized carbons (Fsp3) is 0.188. The van der Waals surface area contributed by atoms with Crippen molar-refractivity contribution in [2.24, 2.45) is 0 Å². The second kappa shape index (κ2) is 9.71. The lowest BCUT2D eigenvalue weighted by molar-refractivity contribution is 0.0517. The van der Waals surface area contributed by atoms with Crippen LogP contribution in [0.1, 0.15) is 40.1 Å². The van der Waals surface area contributed by atoms with E-state index >= 15 is 0 Å². The maximum atomic E-state index is 12.3. The molecule has 38 heavy (non-hydrogen) atoms. The van der Waals surface area contributed by atoms with E-state index in [4.69, 9.17) is 9.47 Å². The van der Waals surface area contributed by atoms with Crippen LogP contribution >= 0.6 is 0 Å². The lowest BCUT2D eigenvalue weighted by atomic mass is 9.95. The number of anilines is 1. The maximum absolute atomic E-state index is 12.3. The summed E-state index contributed by atoms with van der Waals surface area (Å²) in [5.74, 6) is -0.663. The van der Waals surface area contributed by atoms with Gasteiger partial charge in [0.2, 0.25) is 0 Å². The lowest BCUT2D eigenvalue weighted by Gasteiger charge is -2.22. The number of rotatable bonds is 6. The number of pyridine rings is 1. The first-order valence-electron chi connectivity index (χ1n) is 13.0. The number of carbonyl (C=O) groups excluding carboxylic acids is 2. The van der Waals surface area contributed by atoms with Gasteiger partial charge >= 0.3 is 11.9 Å². The molecular formula is C32H28N2O4. The molecule has 0 fully saturated rings. The van der Waals surface area contributed by atoms with Crippen molar-refractivity contribution in [3.63, 3.8) is 0 Å². The minimum absolute atomic E-state index is 0.331. The van der Waals surface area contributed by atoms with E-state index in [0.29, 0.717) is 24.3 Å². The molecule has 0 aliphatic carbocycles. The van der Waals surface area contributed by atoms with E-state index < -0.39 is 0 Å². The van der Waals surface area contributed by atoms with Crippen molar-refractivity contribution in [2.45, 2.75) is 20.3 Å². The summed E-state index contributed by atoms with van der Waals surface area (Å²) < 4.78 is 12.7. The van der Waals surface area contributed by atoms with Crippen molar-refractivity contribution in [1.82, 2.24) is 4.40 Å². The zero-order chi connectivity index (χ0) is 26.2. The normalized spacial score (nSPS) is 12.4. The van der Waals surface area contributed by atoms with Crippen molar-refractivity contribution in [3.05, 3.63) is 95.6 Å². The Hall–Kier alpha value is -4.58. The highest BCUT2D eigenvalue weighted by Crippen LogP contribution is 2.43. The molecule has 1 N–H and O–H groups in total. The highest BCUT2D eigenvalue weighted by Gasteiger charge is 2.24. The molecule has 6 rings (SSSR count). The molecule has 2 aromatic heterocycles. The Labute approximate surface area is 220 Å². The number of nitrogens with one attached hydrogen (secondary N) is 1. The second-order valence-electron chi connectivity index (χ2n) is 9.27. The van der Waals surface area contributed by atoms with Gasteiger partial charge in [0.1, 0.15) is 0 Å². The molecule has 0 spiro atoms. The average Bonchev–Trinajstić information content (AvgIpc) is 3.29. The third-order valence-electron chi connectivity index (χ3n) is 7.07. The number of carbonyl (C=O) groups is 2. The number of hydrogen-bond acceptors (Lipinski definition) is 5. The number of benzene rings is 3. The quantitative estimate of drug-likeness (QED) is 0.259. The molecule has 6 heteroatoms. The summed E-state index contributed by atoms with van der Waals surface area (Å²) in [5.41, 5.74) is 9.77. The van der Waals surface area contributed by atoms with Gasteiger partial charge in [0.25, 0.3) is 0 Å². The van der Waals surface area contributed by atoms with Crippen LogP contribution in [0.25, 0.3) is 38.8 Å². The molecule has 3 aromatic carbocycles. The Morgan fingerprint density at radius 3 is 2.05 bits per heavy atom. The van der Waals surface area contributed by atoms with Gasteiger partial charge in [-0.15, -0.1) is 0 Å². The number of fused-ring (bicyclic) bond motifs is 3. The molecule has 0 saturated carbocycles. The van der Waals surface area contributed by atoms with Crippen LogP contribution < -0.4 is 5.32 Å². The standard InChI is InChI=1S/C32H28N2O4/c1-3-37-31(35)22-13-9-20(10-14-22)26-19-27-30-25(17-18-33-27)24-7-5-6-8-28(24)34(30)29(26)21-11-15-23(16-12-21)32(36)38-4-2/h5-16,19,33H,3-4,17-18H2,1-2H3. The molecule has 3 heterocycles. The van der Waals surface area contributed by atoms with Crippen LogP contribution in [0.15, 0.2) is 78.9 Å². The molecule has 0 unspecified atom stereocenters. The Morgan fingerprint density at radius 2 is 1.42 bits per heavy atom. The van der Waals surface area contributed by atoms with Crippen LogP contribution in [0.5, 0.6) is 0 Å². The van der Waals surface area contributed by atoms with Crippen LogP contribution in [0, 0.1) is 0 Å². The van der Waals surface area contributed by atoms with E-state index in [1.54, 1.807) is 13.8 Å². The fourth-order valence-electron chi connectivity index (χ4n) is 5.42. The van der Waals surface area contributed by atoms with Gasteiger partial charge < -0.3 is 19.2 Å². The van der Waals surface area contributed by atoms with Gasteiger partial charge in [-0.2, -0.15) is 0 Å². The van der Waals surface area contributed by atoms with Gasteiger partial charge in [0, 0.05) is 17.5 Å². The number of aromatic nitrogens is 1. The minimum Gasteiger partial charge on any atom is -0.462 e. The minimum atomic E-state index is -0.332. The van der Waals surface area contributed by atoms with Gasteiger partial charge in [-0.3, -0.25) is 0 Å². The Kier molecular flexibility index (Phi) is 6.08. The van der Waals surface area contributed by atoms with Gasteiger partial charge in [0.05, 0.1) is 46.8 Å². The van der Waals surface area contributed by atoms with E-state index in [1.807, 2.05) is 48.5 Å². The zero-order valence-corrected chi connectivity index (χ0v) is 21.4. The van der Waals surface area contributed by atoms with Crippen molar-refractivity contribution in [1.29, 1.82) is 0 Å². The summed E-state index contributed by atoms with van der Waals surface area (Å²) in [4.78, 5) is 24.6. The highest BCUT2D eigenvalue weighted by atomic mass is 16.5. The molecule has 0 saturated heterocycles. The highest BCUT2D eigenvalue weighted by molar-refractivity contribution is 6.03.